The van der Waals surface area contributed by atoms with E-state index in [0.29, 0.717) is 11.1 Å². The van der Waals surface area contributed by atoms with E-state index in [0.717, 1.165) is 39.0 Å². The Morgan fingerprint density at radius 3 is 2.67 bits per heavy atom. The number of H-pyrrole nitrogens is 1. The SMILES string of the molecule is Cc1[nH]c(/C=C2\C(=O)Nc3ccc(Br)cc32)c(C)c1C=O. The van der Waals surface area contributed by atoms with Gasteiger partial charge in [-0.3, -0.25) is 9.59 Å². The summed E-state index contributed by atoms with van der Waals surface area (Å²) in [4.78, 5) is 26.4. The number of aromatic nitrogens is 1. The number of aldehydes is 1. The van der Waals surface area contributed by atoms with Gasteiger partial charge in [0, 0.05) is 32.7 Å². The van der Waals surface area contributed by atoms with Crippen LogP contribution in [0.5, 0.6) is 0 Å². The van der Waals surface area contributed by atoms with Crippen LogP contribution in [0.15, 0.2) is 22.7 Å². The predicted octanol–water partition coefficient (Wildman–Crippen LogP) is 3.70. The Hall–Kier alpha value is -2.14. The van der Waals surface area contributed by atoms with Gasteiger partial charge in [-0.15, -0.1) is 0 Å². The van der Waals surface area contributed by atoms with Crippen molar-refractivity contribution in [2.45, 2.75) is 13.8 Å². The topological polar surface area (TPSA) is 62.0 Å². The van der Waals surface area contributed by atoms with Gasteiger partial charge in [0.25, 0.3) is 5.91 Å². The van der Waals surface area contributed by atoms with Crippen molar-refractivity contribution in [1.29, 1.82) is 0 Å². The maximum absolute atomic E-state index is 12.1. The third kappa shape index (κ3) is 2.23. The molecular weight excluding hydrogens is 332 g/mol. The number of hydrogen-bond donors (Lipinski definition) is 2. The highest BCUT2D eigenvalue weighted by molar-refractivity contribution is 9.10. The molecule has 1 aromatic carbocycles. The Kier molecular flexibility index (Phi) is 3.29. The highest BCUT2D eigenvalue weighted by Crippen LogP contribution is 2.35. The zero-order valence-corrected chi connectivity index (χ0v) is 13.2. The molecule has 0 atom stereocenters. The van der Waals surface area contributed by atoms with Crippen molar-refractivity contribution in [3.63, 3.8) is 0 Å². The van der Waals surface area contributed by atoms with E-state index in [9.17, 15) is 9.59 Å². The first-order chi connectivity index (χ1) is 10.0. The maximum atomic E-state index is 12.1. The normalized spacial score (nSPS) is 15.2. The number of anilines is 1. The molecule has 0 fully saturated rings. The molecule has 2 N–H and O–H groups in total. The molecule has 5 heteroatoms. The van der Waals surface area contributed by atoms with E-state index >= 15 is 0 Å². The number of aryl methyl sites for hydroxylation is 1. The first-order valence-corrected chi connectivity index (χ1v) is 7.28. The maximum Gasteiger partial charge on any atom is 0.256 e. The Morgan fingerprint density at radius 1 is 1.24 bits per heavy atom. The van der Waals surface area contributed by atoms with Crippen LogP contribution in [-0.4, -0.2) is 17.2 Å². The van der Waals surface area contributed by atoms with Gasteiger partial charge in [-0.05, 0) is 43.7 Å². The van der Waals surface area contributed by atoms with E-state index in [2.05, 4.69) is 26.2 Å². The number of fused-ring (bicyclic) bond motifs is 1. The number of benzene rings is 1. The summed E-state index contributed by atoms with van der Waals surface area (Å²) in [6.07, 6.45) is 2.63. The van der Waals surface area contributed by atoms with Crippen molar-refractivity contribution in [2.24, 2.45) is 0 Å². The second kappa shape index (κ2) is 5.00. The molecule has 106 valence electrons. The number of carbonyl (C=O) groups is 2. The van der Waals surface area contributed by atoms with Gasteiger partial charge >= 0.3 is 0 Å². The number of hydrogen-bond acceptors (Lipinski definition) is 2. The van der Waals surface area contributed by atoms with Crippen LogP contribution in [-0.2, 0) is 4.79 Å². The number of rotatable bonds is 2. The molecule has 1 aromatic heterocycles. The standard InChI is InChI=1S/C16H13BrN2O2/c1-8-13(7-20)9(2)18-15(8)6-12-11-5-10(17)3-4-14(11)19-16(12)21/h3-7,18H,1-2H3,(H,19,21)/b12-6-. The quantitative estimate of drug-likeness (QED) is 0.644. The van der Waals surface area contributed by atoms with Gasteiger partial charge in [0.05, 0.1) is 5.57 Å². The number of carbonyl (C=O) groups excluding carboxylic acids is 2. The summed E-state index contributed by atoms with van der Waals surface area (Å²) in [5, 5.41) is 2.84. The minimum absolute atomic E-state index is 0.137. The zero-order valence-electron chi connectivity index (χ0n) is 11.6. The van der Waals surface area contributed by atoms with Crippen LogP contribution in [0.3, 0.4) is 0 Å². The largest absolute Gasteiger partial charge is 0.358 e. The van der Waals surface area contributed by atoms with Crippen molar-refractivity contribution >= 4 is 45.5 Å². The fourth-order valence-electron chi connectivity index (χ4n) is 2.56. The smallest absolute Gasteiger partial charge is 0.256 e. The van der Waals surface area contributed by atoms with E-state index in [4.69, 9.17) is 0 Å². The molecule has 1 amide bonds. The molecular formula is C16H13BrN2O2. The highest BCUT2D eigenvalue weighted by Gasteiger charge is 2.24. The van der Waals surface area contributed by atoms with Crippen LogP contribution < -0.4 is 5.32 Å². The van der Waals surface area contributed by atoms with E-state index in [1.807, 2.05) is 32.0 Å². The second-order valence-electron chi connectivity index (χ2n) is 5.02. The lowest BCUT2D eigenvalue weighted by atomic mass is 10.0. The van der Waals surface area contributed by atoms with Crippen molar-refractivity contribution in [2.75, 3.05) is 5.32 Å². The van der Waals surface area contributed by atoms with E-state index in [-0.39, 0.29) is 5.91 Å². The molecule has 2 heterocycles. The number of halogens is 1. The van der Waals surface area contributed by atoms with E-state index < -0.39 is 0 Å². The molecule has 0 radical (unpaired) electrons. The van der Waals surface area contributed by atoms with Crippen LogP contribution in [0, 0.1) is 13.8 Å². The summed E-state index contributed by atoms with van der Waals surface area (Å²) < 4.78 is 0.914. The van der Waals surface area contributed by atoms with E-state index in [1.54, 1.807) is 6.08 Å². The molecule has 3 rings (SSSR count). The molecule has 0 saturated carbocycles. The Bertz CT molecular complexity index is 803. The van der Waals surface area contributed by atoms with Gasteiger partial charge in [0.2, 0.25) is 0 Å². The minimum Gasteiger partial charge on any atom is -0.358 e. The van der Waals surface area contributed by atoms with Crippen molar-refractivity contribution in [1.82, 2.24) is 4.98 Å². The summed E-state index contributed by atoms with van der Waals surface area (Å²) in [5.41, 5.74) is 5.34. The first kappa shape index (κ1) is 13.8. The molecule has 2 aromatic rings. The van der Waals surface area contributed by atoms with Gasteiger partial charge in [0.15, 0.2) is 6.29 Å². The average Bonchev–Trinajstić information content (AvgIpc) is 2.88. The van der Waals surface area contributed by atoms with Crippen LogP contribution in [0.1, 0.15) is 32.9 Å². The number of nitrogens with one attached hydrogen (secondary N) is 2. The van der Waals surface area contributed by atoms with Crippen LogP contribution in [0.4, 0.5) is 5.69 Å². The highest BCUT2D eigenvalue weighted by atomic mass is 79.9. The number of aromatic amines is 1. The monoisotopic (exact) mass is 344 g/mol. The zero-order chi connectivity index (χ0) is 15.1. The van der Waals surface area contributed by atoms with Crippen LogP contribution in [0.2, 0.25) is 0 Å². The van der Waals surface area contributed by atoms with E-state index in [1.165, 1.54) is 0 Å². The second-order valence-corrected chi connectivity index (χ2v) is 5.94. The third-order valence-electron chi connectivity index (χ3n) is 3.71. The van der Waals surface area contributed by atoms with Gasteiger partial charge in [0.1, 0.15) is 0 Å². The van der Waals surface area contributed by atoms with Gasteiger partial charge < -0.3 is 10.3 Å². The summed E-state index contributed by atoms with van der Waals surface area (Å²) in [6, 6.07) is 5.66. The molecule has 0 aliphatic carbocycles. The first-order valence-electron chi connectivity index (χ1n) is 6.48. The van der Waals surface area contributed by atoms with Gasteiger partial charge in [-0.2, -0.15) is 0 Å². The van der Waals surface area contributed by atoms with Gasteiger partial charge in [-0.25, -0.2) is 0 Å². The molecule has 0 saturated heterocycles. The summed E-state index contributed by atoms with van der Waals surface area (Å²) >= 11 is 3.42. The van der Waals surface area contributed by atoms with Crippen LogP contribution in [0.25, 0.3) is 11.6 Å². The lowest BCUT2D eigenvalue weighted by Gasteiger charge is -1.99. The average molecular weight is 345 g/mol. The summed E-state index contributed by atoms with van der Waals surface area (Å²) in [6.45, 7) is 3.71. The molecule has 0 unspecified atom stereocenters. The Morgan fingerprint density at radius 2 is 2.00 bits per heavy atom. The predicted molar refractivity (Wildman–Crippen MR) is 86.3 cm³/mol. The third-order valence-corrected chi connectivity index (χ3v) is 4.20. The fraction of sp³-hybridized carbons (Fsp3) is 0.125. The lowest BCUT2D eigenvalue weighted by Crippen LogP contribution is -2.03. The molecule has 1 aliphatic heterocycles. The Balaban J connectivity index is 2.15. The van der Waals surface area contributed by atoms with Gasteiger partial charge in [-0.1, -0.05) is 15.9 Å². The van der Waals surface area contributed by atoms with Crippen molar-refractivity contribution in [3.05, 3.63) is 50.8 Å². The number of amides is 1. The van der Waals surface area contributed by atoms with Crippen LogP contribution >= 0.6 is 15.9 Å². The van der Waals surface area contributed by atoms with Crippen molar-refractivity contribution in [3.8, 4) is 0 Å². The molecule has 1 aliphatic rings. The lowest BCUT2D eigenvalue weighted by molar-refractivity contribution is -0.110. The summed E-state index contributed by atoms with van der Waals surface area (Å²) in [5.74, 6) is -0.137. The van der Waals surface area contributed by atoms with Crippen molar-refractivity contribution < 1.29 is 9.59 Å². The fourth-order valence-corrected chi connectivity index (χ4v) is 2.92. The molecule has 21 heavy (non-hydrogen) atoms. The Labute approximate surface area is 130 Å². The summed E-state index contributed by atoms with van der Waals surface area (Å²) in [7, 11) is 0. The molecule has 0 bridgehead atoms. The molecule has 0 spiro atoms. The minimum atomic E-state index is -0.137. The molecule has 4 nitrogen and oxygen atoms in total.